The van der Waals surface area contributed by atoms with Crippen LogP contribution in [0.25, 0.3) is 5.82 Å². The highest BCUT2D eigenvalue weighted by Gasteiger charge is 2.32. The fourth-order valence-corrected chi connectivity index (χ4v) is 6.41. The van der Waals surface area contributed by atoms with Gasteiger partial charge < -0.3 is 19.3 Å². The van der Waals surface area contributed by atoms with Gasteiger partial charge in [0.05, 0.1) is 16.6 Å². The number of benzene rings is 1. The number of carbonyl (C=O) groups is 2. The van der Waals surface area contributed by atoms with Gasteiger partial charge in [0.1, 0.15) is 10.5 Å². The zero-order valence-electron chi connectivity index (χ0n) is 27.8. The number of unbranched alkanes of at least 4 members (excludes halogenated alkanes) is 5. The van der Waals surface area contributed by atoms with Crippen molar-refractivity contribution in [1.29, 1.82) is 0 Å². The van der Waals surface area contributed by atoms with E-state index in [0.717, 1.165) is 105 Å². The van der Waals surface area contributed by atoms with E-state index in [-0.39, 0.29) is 5.97 Å². The number of para-hydroxylation sites is 2. The fourth-order valence-electron chi connectivity index (χ4n) is 5.52. The molecule has 1 saturated heterocycles. The van der Waals surface area contributed by atoms with Crippen molar-refractivity contribution >= 4 is 40.6 Å². The van der Waals surface area contributed by atoms with Crippen LogP contribution in [-0.2, 0) is 14.3 Å². The quantitative estimate of drug-likeness (QED) is 0.0821. The van der Waals surface area contributed by atoms with Crippen molar-refractivity contribution in [2.24, 2.45) is 4.99 Å². The standard InChI is InChI=1S/C37H50N4O4S/c1-4-5-6-7-8-9-10-11-12-13-14-15-16-17-18-23-34(42)44-29-45-37(43)41-33-22-20-19-21-32(33)38-35-31(28-30(2)46-35)36(41)40-26-24-39(3)25-27-40/h5-6,8-9,11-12,19-22,28H,4,7,10,13-18,23-27,29H2,1-3H3. The van der Waals surface area contributed by atoms with E-state index in [1.807, 2.05) is 24.3 Å². The lowest BCUT2D eigenvalue weighted by atomic mass is 10.1. The molecule has 2 aliphatic heterocycles. The molecule has 0 radical (unpaired) electrons. The molecule has 0 unspecified atom stereocenters. The summed E-state index contributed by atoms with van der Waals surface area (Å²) in [5, 5.41) is 0.913. The van der Waals surface area contributed by atoms with E-state index >= 15 is 0 Å². The first-order chi connectivity index (χ1) is 22.5. The van der Waals surface area contributed by atoms with Crippen molar-refractivity contribution in [2.45, 2.75) is 78.1 Å². The maximum Gasteiger partial charge on any atom is 0.423 e. The van der Waals surface area contributed by atoms with Gasteiger partial charge in [-0.15, -0.1) is 11.3 Å². The summed E-state index contributed by atoms with van der Waals surface area (Å²) in [5.74, 6) is 0.416. The largest absolute Gasteiger partial charge is 0.428 e. The lowest BCUT2D eigenvalue weighted by molar-refractivity contribution is -0.151. The minimum atomic E-state index is -0.588. The second-order valence-electron chi connectivity index (χ2n) is 11.8. The summed E-state index contributed by atoms with van der Waals surface area (Å²) in [7, 11) is 2.11. The minimum Gasteiger partial charge on any atom is -0.428 e. The zero-order chi connectivity index (χ0) is 32.6. The number of rotatable bonds is 16. The number of esters is 1. The number of anilines is 1. The average molecular weight is 647 g/mol. The molecule has 1 aromatic heterocycles. The number of hydrogen-bond donors (Lipinski definition) is 0. The van der Waals surface area contributed by atoms with Crippen LogP contribution in [0.3, 0.4) is 0 Å². The first-order valence-electron chi connectivity index (χ1n) is 16.8. The van der Waals surface area contributed by atoms with E-state index in [1.54, 1.807) is 16.2 Å². The molecular formula is C37H50N4O4S. The molecule has 1 amide bonds. The third kappa shape index (κ3) is 10.7. The van der Waals surface area contributed by atoms with Crippen LogP contribution in [0.1, 0.15) is 76.0 Å². The van der Waals surface area contributed by atoms with Crippen LogP contribution in [0.5, 0.6) is 0 Å². The highest BCUT2D eigenvalue weighted by Crippen LogP contribution is 2.34. The molecule has 3 heterocycles. The number of nitrogens with zero attached hydrogens (tertiary/aromatic N) is 4. The molecule has 2 aromatic rings. The Morgan fingerprint density at radius 1 is 0.891 bits per heavy atom. The molecule has 1 fully saturated rings. The number of ether oxygens (including phenoxy) is 2. The van der Waals surface area contributed by atoms with Gasteiger partial charge in [0.25, 0.3) is 0 Å². The van der Waals surface area contributed by atoms with Crippen LogP contribution in [0.15, 0.2) is 71.8 Å². The maximum atomic E-state index is 13.7. The van der Waals surface area contributed by atoms with Crippen LogP contribution in [0, 0.1) is 6.92 Å². The molecule has 2 aliphatic rings. The highest BCUT2D eigenvalue weighted by atomic mass is 32.1. The summed E-state index contributed by atoms with van der Waals surface area (Å²) in [4.78, 5) is 38.3. The van der Waals surface area contributed by atoms with Crippen LogP contribution in [0.2, 0.25) is 0 Å². The molecule has 0 N–H and O–H groups in total. The number of likely N-dealkylation sites (N-methyl/N-ethyl adjacent to an activating group) is 1. The van der Waals surface area contributed by atoms with Crippen LogP contribution >= 0.6 is 11.3 Å². The number of piperazine rings is 1. The molecule has 1 aromatic carbocycles. The maximum absolute atomic E-state index is 13.7. The zero-order valence-corrected chi connectivity index (χ0v) is 28.6. The summed E-state index contributed by atoms with van der Waals surface area (Å²) < 4.78 is 11.8. The predicted molar refractivity (Wildman–Crippen MR) is 188 cm³/mol. The highest BCUT2D eigenvalue weighted by molar-refractivity contribution is 7.09. The SMILES string of the molecule is CCC=CCC=CCC=CCCCCCCCC(=O)OCOC(=O)N1C(N2CCN(C)CC2)=c2cc(C)sc2=Nc2ccccc21. The third-order valence-electron chi connectivity index (χ3n) is 8.05. The number of allylic oxidation sites excluding steroid dienone is 6. The number of thiophene rings is 1. The number of aryl methyl sites for hydroxylation is 1. The first-order valence-corrected chi connectivity index (χ1v) is 17.6. The van der Waals surface area contributed by atoms with Crippen molar-refractivity contribution in [3.05, 3.63) is 81.6 Å². The molecule has 248 valence electrons. The van der Waals surface area contributed by atoms with E-state index in [4.69, 9.17) is 14.5 Å². The van der Waals surface area contributed by atoms with E-state index in [1.165, 1.54) is 0 Å². The van der Waals surface area contributed by atoms with Crippen molar-refractivity contribution in [3.63, 3.8) is 0 Å². The number of hydrogen-bond acceptors (Lipinski definition) is 8. The Bertz CT molecular complexity index is 1490. The molecule has 8 nitrogen and oxygen atoms in total. The first kappa shape index (κ1) is 35.2. The third-order valence-corrected chi connectivity index (χ3v) is 9.00. The molecule has 0 atom stereocenters. The van der Waals surface area contributed by atoms with Crippen LogP contribution < -0.4 is 14.8 Å². The van der Waals surface area contributed by atoms with Crippen molar-refractivity contribution in [1.82, 2.24) is 9.80 Å². The van der Waals surface area contributed by atoms with Crippen LogP contribution in [0.4, 0.5) is 16.2 Å². The van der Waals surface area contributed by atoms with Gasteiger partial charge in [0.15, 0.2) is 0 Å². The Kier molecular flexibility index (Phi) is 14.6. The average Bonchev–Trinajstić information content (AvgIpc) is 3.35. The van der Waals surface area contributed by atoms with E-state index < -0.39 is 12.9 Å². The fraction of sp³-hybridized carbons (Fsp3) is 0.486. The molecule has 0 spiro atoms. The molecule has 46 heavy (non-hydrogen) atoms. The number of amides is 1. The van der Waals surface area contributed by atoms with Crippen LogP contribution in [-0.4, -0.2) is 61.9 Å². The molecular weight excluding hydrogens is 596 g/mol. The second kappa shape index (κ2) is 19.1. The summed E-state index contributed by atoms with van der Waals surface area (Å²) in [6.45, 7) is 7.09. The van der Waals surface area contributed by atoms with E-state index in [2.05, 4.69) is 73.2 Å². The molecule has 9 heteroatoms. The smallest absolute Gasteiger partial charge is 0.423 e. The monoisotopic (exact) mass is 646 g/mol. The summed E-state index contributed by atoms with van der Waals surface area (Å²) in [6, 6.07) is 9.69. The number of fused-ring (bicyclic) bond motifs is 2. The predicted octanol–water partition coefficient (Wildman–Crippen LogP) is 7.37. The van der Waals surface area contributed by atoms with Gasteiger partial charge in [-0.3, -0.25) is 4.79 Å². The Morgan fingerprint density at radius 2 is 1.59 bits per heavy atom. The van der Waals surface area contributed by atoms with Crippen molar-refractivity contribution in [3.8, 4) is 0 Å². The number of carbonyl (C=O) groups excluding carboxylic acids is 2. The molecule has 4 rings (SSSR count). The Balaban J connectivity index is 1.22. The molecule has 0 aliphatic carbocycles. The summed E-state index contributed by atoms with van der Waals surface area (Å²) >= 11 is 1.61. The van der Waals surface area contributed by atoms with Crippen molar-refractivity contribution < 1.29 is 19.1 Å². The van der Waals surface area contributed by atoms with Gasteiger partial charge in [0, 0.05) is 37.5 Å². The molecule has 0 bridgehead atoms. The van der Waals surface area contributed by atoms with Gasteiger partial charge >= 0.3 is 12.1 Å². The summed E-state index contributed by atoms with van der Waals surface area (Å²) in [6.07, 6.45) is 22.4. The second-order valence-corrected chi connectivity index (χ2v) is 13.0. The van der Waals surface area contributed by atoms with E-state index in [9.17, 15) is 9.59 Å². The van der Waals surface area contributed by atoms with Gasteiger partial charge in [0.2, 0.25) is 6.79 Å². The normalized spacial score (nSPS) is 15.3. The van der Waals surface area contributed by atoms with Gasteiger partial charge in [-0.25, -0.2) is 14.7 Å². The molecule has 0 saturated carbocycles. The lowest BCUT2D eigenvalue weighted by Gasteiger charge is -2.38. The Hall–Kier alpha value is -3.69. The van der Waals surface area contributed by atoms with Gasteiger partial charge in [-0.2, -0.15) is 0 Å². The minimum absolute atomic E-state index is 0.318. The van der Waals surface area contributed by atoms with E-state index in [0.29, 0.717) is 17.8 Å². The van der Waals surface area contributed by atoms with Crippen molar-refractivity contribution in [2.75, 3.05) is 44.9 Å². The van der Waals surface area contributed by atoms with Gasteiger partial charge in [-0.05, 0) is 70.7 Å². The topological polar surface area (TPSA) is 74.7 Å². The Morgan fingerprint density at radius 3 is 2.37 bits per heavy atom. The lowest BCUT2D eigenvalue weighted by Crippen LogP contribution is -2.51. The summed E-state index contributed by atoms with van der Waals surface area (Å²) in [5.41, 5.74) is 1.35. The van der Waals surface area contributed by atoms with Gasteiger partial charge in [-0.1, -0.05) is 74.8 Å². The Labute approximate surface area is 278 Å².